The molecule has 1 aliphatic rings. The minimum atomic E-state index is -0.160. The van der Waals surface area contributed by atoms with Crippen molar-refractivity contribution in [3.05, 3.63) is 169 Å². The normalized spacial score (nSPS) is 13.6. The summed E-state index contributed by atoms with van der Waals surface area (Å²) in [5, 5.41) is 12.7. The van der Waals surface area contributed by atoms with Gasteiger partial charge in [0.1, 0.15) is 11.2 Å². The van der Waals surface area contributed by atoms with E-state index >= 15 is 0 Å². The average molecular weight is 693 g/mol. The molecular weight excluding hydrogens is 661 g/mol. The Hall–Kier alpha value is -6.22. The molecule has 0 atom stereocenters. The van der Waals surface area contributed by atoms with Crippen LogP contribution in [-0.2, 0) is 5.41 Å². The van der Waals surface area contributed by atoms with Crippen LogP contribution in [0.5, 0.6) is 0 Å². The van der Waals surface area contributed by atoms with Crippen molar-refractivity contribution in [2.45, 2.75) is 19.3 Å². The van der Waals surface area contributed by atoms with Crippen LogP contribution in [-0.4, -0.2) is 0 Å². The van der Waals surface area contributed by atoms with Gasteiger partial charge in [-0.2, -0.15) is 0 Å². The van der Waals surface area contributed by atoms with E-state index in [0.29, 0.717) is 0 Å². The first-order valence-corrected chi connectivity index (χ1v) is 19.2. The van der Waals surface area contributed by atoms with Gasteiger partial charge in [-0.05, 0) is 119 Å². The second kappa shape index (κ2) is 10.4. The fraction of sp³-hybridized carbons (Fsp3) is 0.0588. The summed E-state index contributed by atoms with van der Waals surface area (Å²) in [5.41, 5.74) is 12.3. The summed E-state index contributed by atoms with van der Waals surface area (Å²) in [6, 6.07) is 58.7. The largest absolute Gasteiger partial charge is 0.456 e. The lowest BCUT2D eigenvalue weighted by molar-refractivity contribution is 0.661. The zero-order chi connectivity index (χ0) is 35.0. The Kier molecular flexibility index (Phi) is 5.78. The molecule has 248 valence electrons. The molecule has 0 bridgehead atoms. The van der Waals surface area contributed by atoms with Gasteiger partial charge in [0.2, 0.25) is 0 Å². The predicted octanol–water partition coefficient (Wildman–Crippen LogP) is 15.1. The number of fused-ring (bicyclic) bond motifs is 14. The van der Waals surface area contributed by atoms with E-state index in [0.717, 1.165) is 11.2 Å². The topological polar surface area (TPSA) is 13.1 Å². The molecule has 9 aromatic carbocycles. The third-order valence-corrected chi connectivity index (χ3v) is 13.2. The molecule has 0 amide bonds. The van der Waals surface area contributed by atoms with Gasteiger partial charge in [-0.3, -0.25) is 0 Å². The smallest absolute Gasteiger partial charge is 0.136 e. The minimum Gasteiger partial charge on any atom is -0.456 e. The van der Waals surface area contributed by atoms with Gasteiger partial charge in [0, 0.05) is 36.4 Å². The average Bonchev–Trinajstić information content (AvgIpc) is 3.84. The molecule has 2 aromatic heterocycles. The molecule has 0 unspecified atom stereocenters. The van der Waals surface area contributed by atoms with Crippen LogP contribution in [0.3, 0.4) is 0 Å². The van der Waals surface area contributed by atoms with Crippen molar-refractivity contribution in [1.29, 1.82) is 0 Å². The van der Waals surface area contributed by atoms with E-state index in [4.69, 9.17) is 4.42 Å². The van der Waals surface area contributed by atoms with Crippen molar-refractivity contribution in [2.75, 3.05) is 0 Å². The van der Waals surface area contributed by atoms with Gasteiger partial charge in [-0.25, -0.2) is 0 Å². The first-order valence-electron chi connectivity index (χ1n) is 18.4. The Morgan fingerprint density at radius 2 is 0.962 bits per heavy atom. The van der Waals surface area contributed by atoms with Crippen LogP contribution < -0.4 is 0 Å². The van der Waals surface area contributed by atoms with Gasteiger partial charge in [0.15, 0.2) is 0 Å². The lowest BCUT2D eigenvalue weighted by Crippen LogP contribution is -2.15. The molecule has 0 aliphatic heterocycles. The summed E-state index contributed by atoms with van der Waals surface area (Å²) in [7, 11) is 0. The molecule has 0 radical (unpaired) electrons. The number of hydrogen-bond acceptors (Lipinski definition) is 2. The van der Waals surface area contributed by atoms with Gasteiger partial charge in [0.05, 0.1) is 0 Å². The lowest BCUT2D eigenvalue weighted by atomic mass is 9.80. The summed E-state index contributed by atoms with van der Waals surface area (Å²) >= 11 is 1.87. The SMILES string of the molecule is CC1(C)c2cc(-c3c4ccccc4c(-c4ccc5sc6ccccc6c5c4)c4ccccc34)ccc2-c2c1ccc1c2ccc2oc3ccccc3c21. The predicted molar refractivity (Wildman–Crippen MR) is 228 cm³/mol. The summed E-state index contributed by atoms with van der Waals surface area (Å²) in [6.07, 6.45) is 0. The number of benzene rings is 9. The molecule has 11 aromatic rings. The summed E-state index contributed by atoms with van der Waals surface area (Å²) in [6.45, 7) is 4.78. The molecular formula is C51H32OS. The molecule has 0 spiro atoms. The van der Waals surface area contributed by atoms with E-state index in [2.05, 4.69) is 166 Å². The van der Waals surface area contributed by atoms with Crippen LogP contribution in [0.4, 0.5) is 0 Å². The number of rotatable bonds is 2. The molecule has 0 N–H and O–H groups in total. The van der Waals surface area contributed by atoms with Crippen LogP contribution >= 0.6 is 11.3 Å². The number of hydrogen-bond donors (Lipinski definition) is 0. The van der Waals surface area contributed by atoms with Crippen LogP contribution in [0.1, 0.15) is 25.0 Å². The summed E-state index contributed by atoms with van der Waals surface area (Å²) in [5.74, 6) is 0. The van der Waals surface area contributed by atoms with Crippen LogP contribution in [0.25, 0.3) is 108 Å². The fourth-order valence-electron chi connectivity index (χ4n) is 9.65. The van der Waals surface area contributed by atoms with E-state index in [9.17, 15) is 0 Å². The monoisotopic (exact) mass is 692 g/mol. The molecule has 53 heavy (non-hydrogen) atoms. The van der Waals surface area contributed by atoms with Crippen molar-refractivity contribution < 1.29 is 4.42 Å². The standard InChI is InChI=1S/C51H32OS/c1-51(2)41-24-22-37-36(23-25-44-50(37)39-16-7-9-17-43(39)52-44)49(41)38-21-19-30(28-42(38)51)48-34-14-5-3-12-32(34)47(33-13-4-6-15-35(33)48)29-20-26-46-40(27-29)31-11-8-10-18-45(31)53-46/h3-28H,1-2H3. The molecule has 0 fully saturated rings. The fourth-order valence-corrected chi connectivity index (χ4v) is 10.7. The third kappa shape index (κ3) is 3.91. The first-order chi connectivity index (χ1) is 26.0. The maximum Gasteiger partial charge on any atom is 0.136 e. The molecule has 12 rings (SSSR count). The Bertz CT molecular complexity index is 3320. The van der Waals surface area contributed by atoms with Crippen LogP contribution in [0, 0.1) is 0 Å². The Labute approximate surface area is 310 Å². The Morgan fingerprint density at radius 3 is 1.70 bits per heavy atom. The second-order valence-corrected chi connectivity index (χ2v) is 16.2. The quantitative estimate of drug-likeness (QED) is 0.164. The lowest BCUT2D eigenvalue weighted by Gasteiger charge is -2.23. The number of para-hydroxylation sites is 1. The van der Waals surface area contributed by atoms with Gasteiger partial charge in [-0.1, -0.05) is 129 Å². The highest BCUT2D eigenvalue weighted by atomic mass is 32.1. The zero-order valence-corrected chi connectivity index (χ0v) is 30.1. The summed E-state index contributed by atoms with van der Waals surface area (Å²) < 4.78 is 8.96. The van der Waals surface area contributed by atoms with Crippen molar-refractivity contribution >= 4 is 85.8 Å². The second-order valence-electron chi connectivity index (χ2n) is 15.2. The highest BCUT2D eigenvalue weighted by Gasteiger charge is 2.37. The van der Waals surface area contributed by atoms with Crippen molar-refractivity contribution in [1.82, 2.24) is 0 Å². The van der Waals surface area contributed by atoms with Gasteiger partial charge in [-0.15, -0.1) is 11.3 Å². The molecule has 2 heterocycles. The number of furan rings is 1. The highest BCUT2D eigenvalue weighted by Crippen LogP contribution is 2.54. The van der Waals surface area contributed by atoms with E-state index in [1.165, 1.54) is 108 Å². The summed E-state index contributed by atoms with van der Waals surface area (Å²) in [4.78, 5) is 0. The highest BCUT2D eigenvalue weighted by molar-refractivity contribution is 7.25. The maximum absolute atomic E-state index is 6.29. The van der Waals surface area contributed by atoms with E-state index in [1.807, 2.05) is 17.4 Å². The first kappa shape index (κ1) is 29.4. The third-order valence-electron chi connectivity index (χ3n) is 12.1. The molecule has 0 saturated carbocycles. The van der Waals surface area contributed by atoms with Crippen molar-refractivity contribution in [2.24, 2.45) is 0 Å². The molecule has 2 heteroatoms. The van der Waals surface area contributed by atoms with Gasteiger partial charge < -0.3 is 4.42 Å². The molecule has 1 nitrogen and oxygen atoms in total. The molecule has 0 saturated heterocycles. The number of thiophene rings is 1. The van der Waals surface area contributed by atoms with E-state index in [-0.39, 0.29) is 5.41 Å². The maximum atomic E-state index is 6.29. The van der Waals surface area contributed by atoms with Gasteiger partial charge >= 0.3 is 0 Å². The van der Waals surface area contributed by atoms with Crippen LogP contribution in [0.15, 0.2) is 162 Å². The van der Waals surface area contributed by atoms with Gasteiger partial charge in [0.25, 0.3) is 0 Å². The van der Waals surface area contributed by atoms with Crippen molar-refractivity contribution in [3.8, 4) is 33.4 Å². The minimum absolute atomic E-state index is 0.160. The van der Waals surface area contributed by atoms with E-state index in [1.54, 1.807) is 0 Å². The molecule has 1 aliphatic carbocycles. The Morgan fingerprint density at radius 1 is 0.396 bits per heavy atom. The van der Waals surface area contributed by atoms with Crippen LogP contribution in [0.2, 0.25) is 0 Å². The van der Waals surface area contributed by atoms with Crippen molar-refractivity contribution in [3.63, 3.8) is 0 Å². The van der Waals surface area contributed by atoms with E-state index < -0.39 is 0 Å². The zero-order valence-electron chi connectivity index (χ0n) is 29.3. The Balaban J connectivity index is 1.10.